The second-order valence-electron chi connectivity index (χ2n) is 5.80. The number of aryl methyl sites for hydroxylation is 1. The molecule has 1 saturated heterocycles. The van der Waals surface area contributed by atoms with Gasteiger partial charge in [0.15, 0.2) is 5.78 Å². The molecule has 1 amide bonds. The van der Waals surface area contributed by atoms with E-state index in [2.05, 4.69) is 0 Å². The molecule has 0 spiro atoms. The predicted molar refractivity (Wildman–Crippen MR) is 92.6 cm³/mol. The summed E-state index contributed by atoms with van der Waals surface area (Å²) in [5.74, 6) is 0.119. The van der Waals surface area contributed by atoms with Gasteiger partial charge in [0.25, 0.3) is 0 Å². The van der Waals surface area contributed by atoms with Crippen LogP contribution in [0.25, 0.3) is 6.08 Å². The quantitative estimate of drug-likeness (QED) is 0.632. The molecule has 1 aliphatic heterocycles. The Morgan fingerprint density at radius 1 is 1.04 bits per heavy atom. The van der Waals surface area contributed by atoms with E-state index >= 15 is 0 Å². The van der Waals surface area contributed by atoms with Gasteiger partial charge in [-0.25, -0.2) is 0 Å². The van der Waals surface area contributed by atoms with Crippen LogP contribution in [0.15, 0.2) is 54.6 Å². The van der Waals surface area contributed by atoms with Crippen molar-refractivity contribution in [3.8, 4) is 0 Å². The fourth-order valence-corrected chi connectivity index (χ4v) is 2.67. The van der Waals surface area contributed by atoms with Crippen molar-refractivity contribution in [3.63, 3.8) is 0 Å². The Kier molecular flexibility index (Phi) is 4.38. The highest BCUT2D eigenvalue weighted by Gasteiger charge is 2.21. The van der Waals surface area contributed by atoms with Crippen LogP contribution in [-0.4, -0.2) is 18.2 Å². The maximum atomic E-state index is 12.2. The van der Waals surface area contributed by atoms with Gasteiger partial charge in [-0.15, -0.1) is 0 Å². The van der Waals surface area contributed by atoms with E-state index < -0.39 is 0 Å². The number of hydrogen-bond donors (Lipinski definition) is 0. The summed E-state index contributed by atoms with van der Waals surface area (Å²) in [6.07, 6.45) is 4.92. The number of allylic oxidation sites excluding steroid dienone is 1. The van der Waals surface area contributed by atoms with Crippen LogP contribution in [0.2, 0.25) is 0 Å². The third-order valence-electron chi connectivity index (χ3n) is 4.04. The molecule has 3 rings (SSSR count). The van der Waals surface area contributed by atoms with Gasteiger partial charge in [0, 0.05) is 24.2 Å². The number of nitrogens with zero attached hydrogens (tertiary/aromatic N) is 1. The zero-order chi connectivity index (χ0) is 16.2. The van der Waals surface area contributed by atoms with Gasteiger partial charge in [0.2, 0.25) is 5.91 Å². The molecule has 1 aliphatic rings. The van der Waals surface area contributed by atoms with E-state index in [9.17, 15) is 9.59 Å². The average molecular weight is 305 g/mol. The van der Waals surface area contributed by atoms with Gasteiger partial charge in [-0.1, -0.05) is 35.9 Å². The molecular weight excluding hydrogens is 286 g/mol. The second kappa shape index (κ2) is 6.61. The number of ketones is 1. The Morgan fingerprint density at radius 3 is 2.35 bits per heavy atom. The van der Waals surface area contributed by atoms with E-state index in [1.54, 1.807) is 23.1 Å². The number of anilines is 1. The summed E-state index contributed by atoms with van der Waals surface area (Å²) in [6.45, 7) is 2.80. The van der Waals surface area contributed by atoms with Crippen LogP contribution in [0.5, 0.6) is 0 Å². The fourth-order valence-electron chi connectivity index (χ4n) is 2.67. The van der Waals surface area contributed by atoms with Crippen LogP contribution in [0.3, 0.4) is 0 Å². The highest BCUT2D eigenvalue weighted by Crippen LogP contribution is 2.21. The molecule has 3 nitrogen and oxygen atoms in total. The third-order valence-corrected chi connectivity index (χ3v) is 4.04. The molecule has 0 aromatic heterocycles. The van der Waals surface area contributed by atoms with Crippen molar-refractivity contribution < 1.29 is 9.59 Å². The molecule has 2 aromatic rings. The summed E-state index contributed by atoms with van der Waals surface area (Å²) in [5, 5.41) is 0. The molecule has 0 bridgehead atoms. The SMILES string of the molecule is Cc1ccc(C=CC(=O)c2ccc(N3CCCC3=O)cc2)cc1. The van der Waals surface area contributed by atoms with E-state index in [0.29, 0.717) is 12.0 Å². The molecule has 1 heterocycles. The summed E-state index contributed by atoms with van der Waals surface area (Å²) < 4.78 is 0. The molecule has 3 heteroatoms. The predicted octanol–water partition coefficient (Wildman–Crippen LogP) is 4.02. The molecule has 0 radical (unpaired) electrons. The van der Waals surface area contributed by atoms with Gasteiger partial charge in [-0.05, 0) is 49.2 Å². The van der Waals surface area contributed by atoms with E-state index in [1.807, 2.05) is 49.4 Å². The van der Waals surface area contributed by atoms with Crippen molar-refractivity contribution in [3.05, 3.63) is 71.3 Å². The largest absolute Gasteiger partial charge is 0.312 e. The number of carbonyl (C=O) groups excluding carboxylic acids is 2. The van der Waals surface area contributed by atoms with Crippen LogP contribution < -0.4 is 4.90 Å². The maximum Gasteiger partial charge on any atom is 0.227 e. The van der Waals surface area contributed by atoms with Gasteiger partial charge >= 0.3 is 0 Å². The minimum Gasteiger partial charge on any atom is -0.312 e. The lowest BCUT2D eigenvalue weighted by Crippen LogP contribution is -2.23. The van der Waals surface area contributed by atoms with Crippen molar-refractivity contribution in [1.29, 1.82) is 0 Å². The van der Waals surface area contributed by atoms with Gasteiger partial charge < -0.3 is 4.90 Å². The zero-order valence-electron chi connectivity index (χ0n) is 13.2. The lowest BCUT2D eigenvalue weighted by Gasteiger charge is -2.15. The van der Waals surface area contributed by atoms with Crippen molar-refractivity contribution in [2.24, 2.45) is 0 Å². The smallest absolute Gasteiger partial charge is 0.227 e. The van der Waals surface area contributed by atoms with Crippen molar-refractivity contribution in [2.45, 2.75) is 19.8 Å². The molecule has 0 atom stereocenters. The Hall–Kier alpha value is -2.68. The standard InChI is InChI=1S/C20H19NO2/c1-15-4-6-16(7-5-15)8-13-19(22)17-9-11-18(12-10-17)21-14-2-3-20(21)23/h4-13H,2-3,14H2,1H3. The summed E-state index contributed by atoms with van der Waals surface area (Å²) in [4.78, 5) is 25.7. The topological polar surface area (TPSA) is 37.4 Å². The van der Waals surface area contributed by atoms with Crippen LogP contribution in [0.4, 0.5) is 5.69 Å². The zero-order valence-corrected chi connectivity index (χ0v) is 13.2. The van der Waals surface area contributed by atoms with Gasteiger partial charge in [-0.2, -0.15) is 0 Å². The van der Waals surface area contributed by atoms with Crippen molar-refractivity contribution in [2.75, 3.05) is 11.4 Å². The first-order valence-corrected chi connectivity index (χ1v) is 7.83. The summed E-state index contributed by atoms with van der Waals surface area (Å²) in [5.41, 5.74) is 3.69. The van der Waals surface area contributed by atoms with Crippen LogP contribution in [0.1, 0.15) is 34.3 Å². The lowest BCUT2D eigenvalue weighted by atomic mass is 10.1. The monoisotopic (exact) mass is 305 g/mol. The molecule has 116 valence electrons. The first-order chi connectivity index (χ1) is 11.1. The summed E-state index contributed by atoms with van der Waals surface area (Å²) in [7, 11) is 0. The van der Waals surface area contributed by atoms with Crippen molar-refractivity contribution >= 4 is 23.5 Å². The molecule has 0 unspecified atom stereocenters. The highest BCUT2D eigenvalue weighted by molar-refractivity contribution is 6.07. The minimum absolute atomic E-state index is 0.0372. The number of amides is 1. The van der Waals surface area contributed by atoms with E-state index in [0.717, 1.165) is 24.2 Å². The summed E-state index contributed by atoms with van der Waals surface area (Å²) in [6, 6.07) is 15.3. The van der Waals surface area contributed by atoms with Gasteiger partial charge in [-0.3, -0.25) is 9.59 Å². The van der Waals surface area contributed by atoms with Crippen LogP contribution >= 0.6 is 0 Å². The molecule has 23 heavy (non-hydrogen) atoms. The Balaban J connectivity index is 1.70. The highest BCUT2D eigenvalue weighted by atomic mass is 16.2. The van der Waals surface area contributed by atoms with Gasteiger partial charge in [0.1, 0.15) is 0 Å². The van der Waals surface area contributed by atoms with E-state index in [4.69, 9.17) is 0 Å². The number of benzene rings is 2. The fraction of sp³-hybridized carbons (Fsp3) is 0.200. The Bertz CT molecular complexity index is 742. The molecule has 0 aliphatic carbocycles. The Labute approximate surface area is 136 Å². The Morgan fingerprint density at radius 2 is 1.74 bits per heavy atom. The first-order valence-electron chi connectivity index (χ1n) is 7.83. The molecule has 0 saturated carbocycles. The van der Waals surface area contributed by atoms with Crippen LogP contribution in [0, 0.1) is 6.92 Å². The van der Waals surface area contributed by atoms with Crippen molar-refractivity contribution in [1.82, 2.24) is 0 Å². The molecule has 1 fully saturated rings. The molecule has 2 aromatic carbocycles. The summed E-state index contributed by atoms with van der Waals surface area (Å²) >= 11 is 0. The second-order valence-corrected chi connectivity index (χ2v) is 5.80. The first kappa shape index (κ1) is 15.2. The number of carbonyl (C=O) groups is 2. The van der Waals surface area contributed by atoms with Gasteiger partial charge in [0.05, 0.1) is 0 Å². The minimum atomic E-state index is -0.0372. The number of hydrogen-bond acceptors (Lipinski definition) is 2. The molecular formula is C20H19NO2. The normalized spacial score (nSPS) is 14.7. The number of rotatable bonds is 4. The van der Waals surface area contributed by atoms with E-state index in [1.165, 1.54) is 5.56 Å². The van der Waals surface area contributed by atoms with Crippen LogP contribution in [-0.2, 0) is 4.79 Å². The average Bonchev–Trinajstić information content (AvgIpc) is 3.00. The molecule has 0 N–H and O–H groups in total. The third kappa shape index (κ3) is 3.57. The lowest BCUT2D eigenvalue weighted by molar-refractivity contribution is -0.117. The maximum absolute atomic E-state index is 12.2. The van der Waals surface area contributed by atoms with E-state index in [-0.39, 0.29) is 11.7 Å².